The number of hydrogen-bond donors (Lipinski definition) is 1. The molecule has 0 unspecified atom stereocenters. The minimum absolute atomic E-state index is 0.155. The third-order valence-corrected chi connectivity index (χ3v) is 7.40. The van der Waals surface area contributed by atoms with E-state index in [0.29, 0.717) is 34.8 Å². The number of nitriles is 1. The number of anilines is 1. The lowest BCUT2D eigenvalue weighted by Gasteiger charge is -2.33. The van der Waals surface area contributed by atoms with Crippen molar-refractivity contribution < 1.29 is 9.13 Å². The lowest BCUT2D eigenvalue weighted by Crippen LogP contribution is -2.38. The van der Waals surface area contributed by atoms with Crippen LogP contribution in [-0.2, 0) is 6.54 Å². The lowest BCUT2D eigenvalue weighted by molar-refractivity contribution is 0.211. The molecule has 2 aromatic carbocycles. The third-order valence-electron chi connectivity index (χ3n) is 7.40. The number of piperidine rings is 1. The van der Waals surface area contributed by atoms with E-state index < -0.39 is 5.95 Å². The molecular weight excluding hydrogens is 531 g/mol. The first kappa shape index (κ1) is 27.1. The quantitative estimate of drug-likeness (QED) is 0.302. The first-order valence-corrected chi connectivity index (χ1v) is 13.8. The van der Waals surface area contributed by atoms with Gasteiger partial charge in [-0.2, -0.15) is 9.65 Å². The van der Waals surface area contributed by atoms with Crippen LogP contribution in [0.25, 0.3) is 5.70 Å². The number of aliphatic imine (C=N–C) groups is 1. The molecule has 210 valence electrons. The number of ether oxygens (including phenoxy) is 1. The van der Waals surface area contributed by atoms with Gasteiger partial charge in [0.25, 0.3) is 0 Å². The van der Waals surface area contributed by atoms with Crippen LogP contribution in [0, 0.1) is 17.3 Å². The maximum absolute atomic E-state index is 15.0. The SMILES string of the molecule is C=C(c1ccccc1)N1COc2ccnc(F)c2C1=Nc1ccc(CN2CCC(Nc3ccnc(C#N)n3)CC2)cc1. The summed E-state index contributed by atoms with van der Waals surface area (Å²) in [5, 5.41) is 12.4. The Kier molecular flexibility index (Phi) is 7.83. The summed E-state index contributed by atoms with van der Waals surface area (Å²) in [4.78, 5) is 21.1. The second-order valence-electron chi connectivity index (χ2n) is 10.2. The normalized spacial score (nSPS) is 16.4. The molecule has 0 amide bonds. The third kappa shape index (κ3) is 5.96. The van der Waals surface area contributed by atoms with E-state index in [2.05, 4.69) is 43.9 Å². The Morgan fingerprint density at radius 2 is 1.81 bits per heavy atom. The second-order valence-corrected chi connectivity index (χ2v) is 10.2. The molecule has 2 aliphatic rings. The first-order chi connectivity index (χ1) is 20.6. The van der Waals surface area contributed by atoms with Gasteiger partial charge in [0, 0.05) is 43.8 Å². The van der Waals surface area contributed by atoms with Crippen LogP contribution in [0.3, 0.4) is 0 Å². The van der Waals surface area contributed by atoms with E-state index in [9.17, 15) is 0 Å². The van der Waals surface area contributed by atoms with Gasteiger partial charge >= 0.3 is 0 Å². The molecule has 10 heteroatoms. The summed E-state index contributed by atoms with van der Waals surface area (Å²) in [5.74, 6) is 1.02. The van der Waals surface area contributed by atoms with Gasteiger partial charge in [0.2, 0.25) is 11.8 Å². The Morgan fingerprint density at radius 3 is 2.57 bits per heavy atom. The highest BCUT2D eigenvalue weighted by atomic mass is 19.1. The van der Waals surface area contributed by atoms with Crippen molar-refractivity contribution in [3.63, 3.8) is 0 Å². The lowest BCUT2D eigenvalue weighted by atomic mass is 10.0. The smallest absolute Gasteiger partial charge is 0.234 e. The van der Waals surface area contributed by atoms with Crippen molar-refractivity contribution in [1.82, 2.24) is 24.8 Å². The van der Waals surface area contributed by atoms with Crippen LogP contribution in [0.2, 0.25) is 0 Å². The van der Waals surface area contributed by atoms with Crippen LogP contribution < -0.4 is 10.1 Å². The molecule has 0 saturated carbocycles. The number of likely N-dealkylation sites (tertiary alicyclic amines) is 1. The van der Waals surface area contributed by atoms with Gasteiger partial charge < -0.3 is 10.1 Å². The number of halogens is 1. The number of benzene rings is 2. The minimum Gasteiger partial charge on any atom is -0.472 e. The van der Waals surface area contributed by atoms with Gasteiger partial charge in [0.1, 0.15) is 23.2 Å². The number of aromatic nitrogens is 3. The number of pyridine rings is 1. The molecule has 0 aliphatic carbocycles. The zero-order valence-corrected chi connectivity index (χ0v) is 22.9. The van der Waals surface area contributed by atoms with Gasteiger partial charge in [-0.1, -0.05) is 49.0 Å². The summed E-state index contributed by atoms with van der Waals surface area (Å²) < 4.78 is 20.9. The molecule has 0 spiro atoms. The predicted molar refractivity (Wildman–Crippen MR) is 158 cm³/mol. The largest absolute Gasteiger partial charge is 0.472 e. The minimum atomic E-state index is -0.642. The molecule has 1 N–H and O–H groups in total. The van der Waals surface area contributed by atoms with Gasteiger partial charge in [-0.15, -0.1) is 0 Å². The Morgan fingerprint density at radius 1 is 1.05 bits per heavy atom. The summed E-state index contributed by atoms with van der Waals surface area (Å²) in [5.41, 5.74) is 3.63. The summed E-state index contributed by atoms with van der Waals surface area (Å²) in [6.45, 7) is 7.11. The zero-order chi connectivity index (χ0) is 28.9. The van der Waals surface area contributed by atoms with E-state index in [1.54, 1.807) is 23.2 Å². The highest BCUT2D eigenvalue weighted by molar-refractivity contribution is 6.07. The van der Waals surface area contributed by atoms with Crippen molar-refractivity contribution in [3.8, 4) is 11.8 Å². The molecule has 42 heavy (non-hydrogen) atoms. The Bertz CT molecular complexity index is 1640. The fourth-order valence-corrected chi connectivity index (χ4v) is 5.18. The second kappa shape index (κ2) is 12.2. The Balaban J connectivity index is 1.15. The first-order valence-electron chi connectivity index (χ1n) is 13.8. The summed E-state index contributed by atoms with van der Waals surface area (Å²) >= 11 is 0. The van der Waals surface area contributed by atoms with E-state index in [4.69, 9.17) is 15.0 Å². The molecular formula is C32H29FN8O. The highest BCUT2D eigenvalue weighted by Gasteiger charge is 2.30. The summed E-state index contributed by atoms with van der Waals surface area (Å²) in [6.07, 6.45) is 4.93. The molecule has 1 saturated heterocycles. The van der Waals surface area contributed by atoms with Crippen LogP contribution in [0.1, 0.15) is 35.4 Å². The van der Waals surface area contributed by atoms with Crippen molar-refractivity contribution in [3.05, 3.63) is 114 Å². The van der Waals surface area contributed by atoms with Gasteiger partial charge in [0.05, 0.1) is 5.69 Å². The number of fused-ring (bicyclic) bond motifs is 1. The summed E-state index contributed by atoms with van der Waals surface area (Å²) in [6, 6.07) is 23.4. The number of rotatable bonds is 7. The molecule has 9 nitrogen and oxygen atoms in total. The van der Waals surface area contributed by atoms with Crippen molar-refractivity contribution in [2.45, 2.75) is 25.4 Å². The van der Waals surface area contributed by atoms with Gasteiger partial charge in [-0.05, 0) is 48.2 Å². The number of amidine groups is 1. The predicted octanol–water partition coefficient (Wildman–Crippen LogP) is 5.36. The van der Waals surface area contributed by atoms with Crippen molar-refractivity contribution in [2.75, 3.05) is 25.1 Å². The van der Waals surface area contributed by atoms with Crippen molar-refractivity contribution in [2.24, 2.45) is 4.99 Å². The molecule has 0 radical (unpaired) electrons. The van der Waals surface area contributed by atoms with Gasteiger partial charge in [-0.3, -0.25) is 9.80 Å². The van der Waals surface area contributed by atoms with Crippen LogP contribution in [-0.4, -0.2) is 56.4 Å². The zero-order valence-electron chi connectivity index (χ0n) is 22.9. The summed E-state index contributed by atoms with van der Waals surface area (Å²) in [7, 11) is 0. The maximum atomic E-state index is 15.0. The molecule has 2 aliphatic heterocycles. The molecule has 1 fully saturated rings. The fourth-order valence-electron chi connectivity index (χ4n) is 5.18. The van der Waals surface area contributed by atoms with Crippen molar-refractivity contribution >= 4 is 23.0 Å². The van der Waals surface area contributed by atoms with E-state index in [1.165, 1.54) is 11.8 Å². The van der Waals surface area contributed by atoms with Crippen LogP contribution in [0.4, 0.5) is 15.9 Å². The molecule has 2 aromatic heterocycles. The maximum Gasteiger partial charge on any atom is 0.234 e. The molecule has 4 heterocycles. The average molecular weight is 561 g/mol. The van der Waals surface area contributed by atoms with E-state index in [1.807, 2.05) is 48.5 Å². The fraction of sp³-hybridized carbons (Fsp3) is 0.219. The average Bonchev–Trinajstić information content (AvgIpc) is 3.03. The van der Waals surface area contributed by atoms with Gasteiger partial charge in [0.15, 0.2) is 12.6 Å². The molecule has 0 bridgehead atoms. The number of nitrogens with one attached hydrogen (secondary N) is 1. The topological polar surface area (TPSA) is 103 Å². The van der Waals surface area contributed by atoms with E-state index in [-0.39, 0.29) is 18.1 Å². The van der Waals surface area contributed by atoms with Crippen LogP contribution in [0.15, 0.2) is 90.7 Å². The number of nitrogens with zero attached hydrogens (tertiary/aromatic N) is 7. The van der Waals surface area contributed by atoms with E-state index >= 15 is 4.39 Å². The number of hydrogen-bond acceptors (Lipinski definition) is 8. The molecule has 0 atom stereocenters. The van der Waals surface area contributed by atoms with Crippen LogP contribution >= 0.6 is 0 Å². The van der Waals surface area contributed by atoms with Crippen LogP contribution in [0.5, 0.6) is 5.75 Å². The monoisotopic (exact) mass is 560 g/mol. The van der Waals surface area contributed by atoms with Gasteiger partial charge in [-0.25, -0.2) is 19.9 Å². The Hall–Kier alpha value is -5.14. The van der Waals surface area contributed by atoms with Crippen molar-refractivity contribution in [1.29, 1.82) is 5.26 Å². The highest BCUT2D eigenvalue weighted by Crippen LogP contribution is 2.32. The molecule has 6 rings (SSSR count). The molecule has 4 aromatic rings. The Labute approximate surface area is 243 Å². The van der Waals surface area contributed by atoms with E-state index in [0.717, 1.165) is 38.0 Å². The standard InChI is InChI=1S/C32H29FN8O/c1-22(24-5-3-2-4-6-24)41-21-42-27-11-15-36-31(33)30(27)32(41)38-25-9-7-23(8-10-25)20-40-17-13-26(14-18-40)37-28-12-16-35-29(19-34)39-28/h2-12,15-16,26H,1,13-14,17-18,20-21H2,(H,35,37,39).